The van der Waals surface area contributed by atoms with Crippen molar-refractivity contribution in [1.29, 1.82) is 0 Å². The summed E-state index contributed by atoms with van der Waals surface area (Å²) in [6.07, 6.45) is 0. The number of hydrogen-bond donors (Lipinski definition) is 2. The highest BCUT2D eigenvalue weighted by Crippen LogP contribution is 2.37. The Morgan fingerprint density at radius 3 is 1.85 bits per heavy atom. The molecule has 0 heterocycles. The number of benzene rings is 4. The van der Waals surface area contributed by atoms with E-state index < -0.39 is 20.2 Å². The van der Waals surface area contributed by atoms with E-state index in [0.717, 1.165) is 17.2 Å². The van der Waals surface area contributed by atoms with Crippen molar-refractivity contribution in [2.45, 2.75) is 9.79 Å². The maximum absolute atomic E-state index is 11.2. The van der Waals surface area contributed by atoms with E-state index in [4.69, 9.17) is 4.55 Å². The average Bonchev–Trinajstić information content (AvgIpc) is 2.77. The summed E-state index contributed by atoms with van der Waals surface area (Å²) in [6.45, 7) is 0. The van der Waals surface area contributed by atoms with Crippen molar-refractivity contribution >= 4 is 42.4 Å². The number of hydrogen-bond acceptors (Lipinski definition) is 8. The van der Waals surface area contributed by atoms with Gasteiger partial charge >= 0.3 is 0 Å². The minimum Gasteiger partial charge on any atom is -0.744 e. The highest BCUT2D eigenvalue weighted by Gasteiger charge is 2.11. The third kappa shape index (κ3) is 4.91. The molecule has 0 atom stereocenters. The summed E-state index contributed by atoms with van der Waals surface area (Å²) in [5, 5.41) is 19.2. The van der Waals surface area contributed by atoms with E-state index in [0.29, 0.717) is 16.5 Å². The van der Waals surface area contributed by atoms with Gasteiger partial charge in [-0.05, 0) is 59.0 Å². The second kappa shape index (κ2) is 8.37. The van der Waals surface area contributed by atoms with Crippen molar-refractivity contribution in [2.24, 2.45) is 10.2 Å². The van der Waals surface area contributed by atoms with Crippen molar-refractivity contribution in [3.05, 3.63) is 78.9 Å². The van der Waals surface area contributed by atoms with Gasteiger partial charge in [-0.3, -0.25) is 4.55 Å². The van der Waals surface area contributed by atoms with Crippen molar-refractivity contribution in [2.75, 3.05) is 0 Å². The smallest absolute Gasteiger partial charge is 0.294 e. The molecule has 0 bridgehead atoms. The lowest BCUT2D eigenvalue weighted by Gasteiger charge is -2.09. The van der Waals surface area contributed by atoms with Gasteiger partial charge in [0.05, 0.1) is 15.5 Å². The first-order chi connectivity index (χ1) is 15.5. The Labute approximate surface area is 189 Å². The molecule has 4 rings (SSSR count). The largest absolute Gasteiger partial charge is 0.744 e. The third-order valence-corrected chi connectivity index (χ3v) is 6.55. The Hall–Kier alpha value is -3.64. The van der Waals surface area contributed by atoms with Crippen LogP contribution in [0.1, 0.15) is 0 Å². The molecule has 11 heteroatoms. The van der Waals surface area contributed by atoms with Crippen LogP contribution in [0.5, 0.6) is 5.75 Å². The van der Waals surface area contributed by atoms with E-state index >= 15 is 0 Å². The van der Waals surface area contributed by atoms with Crippen molar-refractivity contribution < 1.29 is 31.0 Å². The van der Waals surface area contributed by atoms with Crippen LogP contribution in [0.25, 0.3) is 21.9 Å². The van der Waals surface area contributed by atoms with Crippen LogP contribution in [0.3, 0.4) is 0 Å². The number of phenolic OH excluding ortho intramolecular Hbond substituents is 1. The summed E-state index contributed by atoms with van der Waals surface area (Å²) in [6, 6.07) is 19.1. The quantitative estimate of drug-likeness (QED) is 0.305. The van der Waals surface area contributed by atoms with E-state index in [1.165, 1.54) is 36.4 Å². The van der Waals surface area contributed by atoms with Gasteiger partial charge in [0.25, 0.3) is 10.1 Å². The molecule has 2 N–H and O–H groups in total. The van der Waals surface area contributed by atoms with Gasteiger partial charge in [-0.2, -0.15) is 13.5 Å². The first-order valence-electron chi connectivity index (χ1n) is 9.34. The second-order valence-electron chi connectivity index (χ2n) is 7.02. The Morgan fingerprint density at radius 1 is 0.697 bits per heavy atom. The van der Waals surface area contributed by atoms with E-state index in [-0.39, 0.29) is 21.2 Å². The van der Waals surface area contributed by atoms with Gasteiger partial charge in [0, 0.05) is 5.39 Å². The topological polar surface area (TPSA) is 157 Å². The van der Waals surface area contributed by atoms with Gasteiger partial charge in [-0.25, -0.2) is 8.42 Å². The zero-order valence-electron chi connectivity index (χ0n) is 16.7. The molecule has 0 spiro atoms. The normalized spacial score (nSPS) is 12.4. The predicted octanol–water partition coefficient (Wildman–Crippen LogP) is 4.78. The second-order valence-corrected chi connectivity index (χ2v) is 9.82. The lowest BCUT2D eigenvalue weighted by Crippen LogP contribution is -1.97. The molecule has 9 nitrogen and oxygen atoms in total. The summed E-state index contributed by atoms with van der Waals surface area (Å²) in [5.74, 6) is -0.167. The van der Waals surface area contributed by atoms with Gasteiger partial charge < -0.3 is 9.66 Å². The molecule has 0 aliphatic carbocycles. The summed E-state index contributed by atoms with van der Waals surface area (Å²) in [4.78, 5) is -0.588. The number of fused-ring (bicyclic) bond motifs is 1. The molecular weight excluding hydrogens is 468 g/mol. The molecule has 0 aliphatic rings. The average molecular weight is 484 g/mol. The molecule has 0 unspecified atom stereocenters. The lowest BCUT2D eigenvalue weighted by atomic mass is 10.1. The van der Waals surface area contributed by atoms with Crippen LogP contribution in [-0.2, 0) is 20.2 Å². The molecule has 0 aromatic heterocycles. The standard InChI is InChI=1S/C22H16N2O7S2/c25-21-12-5-16-13-19(33(29,30)31)10-11-20(16)22(21)24-23-17-6-1-14(2-7-17)15-3-8-18(9-4-15)32(26,27)28/h1-13,25H,(H,26,27,28)(H,29,30,31)/p-1. The summed E-state index contributed by atoms with van der Waals surface area (Å²) < 4.78 is 65.1. The predicted molar refractivity (Wildman–Crippen MR) is 119 cm³/mol. The van der Waals surface area contributed by atoms with Crippen LogP contribution >= 0.6 is 0 Å². The van der Waals surface area contributed by atoms with E-state index in [1.807, 2.05) is 0 Å². The monoisotopic (exact) mass is 483 g/mol. The van der Waals surface area contributed by atoms with Crippen molar-refractivity contribution in [1.82, 2.24) is 0 Å². The summed E-state index contributed by atoms with van der Waals surface area (Å²) in [5.41, 5.74) is 2.08. The van der Waals surface area contributed by atoms with Gasteiger partial charge in [0.15, 0.2) is 0 Å². The molecule has 0 saturated heterocycles. The van der Waals surface area contributed by atoms with Crippen molar-refractivity contribution in [3.63, 3.8) is 0 Å². The first kappa shape index (κ1) is 22.6. The van der Waals surface area contributed by atoms with E-state index in [9.17, 15) is 26.5 Å². The fraction of sp³-hybridized carbons (Fsp3) is 0. The van der Waals surface area contributed by atoms with Crippen LogP contribution < -0.4 is 0 Å². The van der Waals surface area contributed by atoms with Crippen LogP contribution in [0.4, 0.5) is 11.4 Å². The molecule has 33 heavy (non-hydrogen) atoms. The van der Waals surface area contributed by atoms with E-state index in [2.05, 4.69) is 10.2 Å². The van der Waals surface area contributed by atoms with Crippen LogP contribution in [0.15, 0.2) is 98.9 Å². The number of azo groups is 1. The first-order valence-corrected chi connectivity index (χ1v) is 12.2. The molecule has 4 aromatic carbocycles. The zero-order valence-corrected chi connectivity index (χ0v) is 18.3. The number of nitrogens with zero attached hydrogens (tertiary/aromatic N) is 2. The minimum atomic E-state index is -4.62. The van der Waals surface area contributed by atoms with Gasteiger partial charge in [0.1, 0.15) is 21.6 Å². The highest BCUT2D eigenvalue weighted by molar-refractivity contribution is 7.86. The Balaban J connectivity index is 1.62. The molecule has 168 valence electrons. The summed E-state index contributed by atoms with van der Waals surface area (Å²) >= 11 is 0. The third-order valence-electron chi connectivity index (χ3n) is 4.85. The summed E-state index contributed by atoms with van der Waals surface area (Å²) in [7, 11) is -8.88. The minimum absolute atomic E-state index is 0.118. The fourth-order valence-corrected chi connectivity index (χ4v) is 4.17. The zero-order chi connectivity index (χ0) is 23.8. The number of aromatic hydroxyl groups is 1. The lowest BCUT2D eigenvalue weighted by molar-refractivity contribution is 0.463. The van der Waals surface area contributed by atoms with Gasteiger partial charge in [-0.15, -0.1) is 5.11 Å². The highest BCUT2D eigenvalue weighted by atomic mass is 32.2. The fourth-order valence-electron chi connectivity index (χ4n) is 3.19. The van der Waals surface area contributed by atoms with Gasteiger partial charge in [0.2, 0.25) is 0 Å². The van der Waals surface area contributed by atoms with Crippen LogP contribution in [0.2, 0.25) is 0 Å². The molecule has 0 radical (unpaired) electrons. The molecule has 0 saturated carbocycles. The Morgan fingerprint density at radius 2 is 1.27 bits per heavy atom. The Kier molecular flexibility index (Phi) is 5.72. The molecule has 4 aromatic rings. The molecular formula is C22H15N2O7S2-. The molecule has 0 fully saturated rings. The maximum Gasteiger partial charge on any atom is 0.294 e. The molecule has 0 amide bonds. The van der Waals surface area contributed by atoms with E-state index in [1.54, 1.807) is 36.4 Å². The number of phenols is 1. The van der Waals surface area contributed by atoms with Gasteiger partial charge in [-0.1, -0.05) is 36.4 Å². The van der Waals surface area contributed by atoms with Crippen molar-refractivity contribution in [3.8, 4) is 16.9 Å². The molecule has 0 aliphatic heterocycles. The SMILES string of the molecule is O=S(=O)([O-])c1ccc2c(N=Nc3ccc(-c4ccc(S(=O)(=O)O)cc4)cc3)c(O)ccc2c1. The maximum atomic E-state index is 11.2. The Bertz CT molecular complexity index is 1600. The van der Waals surface area contributed by atoms with Crippen LogP contribution in [-0.4, -0.2) is 31.0 Å². The number of rotatable bonds is 5. The van der Waals surface area contributed by atoms with Crippen LogP contribution in [0, 0.1) is 0 Å².